The molecule has 0 aliphatic carbocycles. The lowest BCUT2D eigenvalue weighted by atomic mass is 10.0. The Morgan fingerprint density at radius 3 is 2.69 bits per heavy atom. The first-order valence-electron chi connectivity index (χ1n) is 10.0. The van der Waals surface area contributed by atoms with Crippen molar-refractivity contribution in [3.05, 3.63) is 106 Å². The van der Waals surface area contributed by atoms with Crippen molar-refractivity contribution in [1.29, 1.82) is 0 Å². The van der Waals surface area contributed by atoms with E-state index in [-0.39, 0.29) is 12.1 Å². The Balaban J connectivity index is 1.55. The second-order valence-electron chi connectivity index (χ2n) is 7.44. The summed E-state index contributed by atoms with van der Waals surface area (Å²) in [4.78, 5) is 10.9. The molecular formula is C24H18Cl2N4OS. The number of nitrogens with zero attached hydrogens (tertiary/aromatic N) is 3. The number of benzene rings is 1. The number of halogens is 2. The molecule has 4 aromatic rings. The number of pyridine rings is 2. The first kappa shape index (κ1) is 20.9. The quantitative estimate of drug-likeness (QED) is 0.342. The lowest BCUT2D eigenvalue weighted by Crippen LogP contribution is -2.29. The number of hydrogen-bond acceptors (Lipinski definition) is 4. The van der Waals surface area contributed by atoms with Crippen LogP contribution in [-0.4, -0.2) is 20.0 Å². The van der Waals surface area contributed by atoms with Crippen LogP contribution < -0.4 is 5.32 Å². The van der Waals surface area contributed by atoms with Gasteiger partial charge in [0.15, 0.2) is 5.11 Å². The van der Waals surface area contributed by atoms with Gasteiger partial charge in [-0.05, 0) is 66.3 Å². The summed E-state index contributed by atoms with van der Waals surface area (Å²) in [6, 6.07) is 18.7. The highest BCUT2D eigenvalue weighted by molar-refractivity contribution is 7.80. The van der Waals surface area contributed by atoms with Crippen LogP contribution in [0, 0.1) is 0 Å². The Morgan fingerprint density at radius 1 is 1.03 bits per heavy atom. The minimum absolute atomic E-state index is 0.167. The Morgan fingerprint density at radius 2 is 1.94 bits per heavy atom. The van der Waals surface area contributed by atoms with Crippen molar-refractivity contribution in [2.24, 2.45) is 0 Å². The second-order valence-corrected chi connectivity index (χ2v) is 8.67. The number of thiocarbonyl (C=S) groups is 1. The van der Waals surface area contributed by atoms with E-state index < -0.39 is 0 Å². The van der Waals surface area contributed by atoms with Crippen molar-refractivity contribution in [3.63, 3.8) is 0 Å². The smallest absolute Gasteiger partial charge is 0.170 e. The largest absolute Gasteiger partial charge is 0.459 e. The molecule has 160 valence electrons. The van der Waals surface area contributed by atoms with Gasteiger partial charge in [0, 0.05) is 35.7 Å². The molecule has 0 saturated carbocycles. The third kappa shape index (κ3) is 4.09. The van der Waals surface area contributed by atoms with Gasteiger partial charge in [0.1, 0.15) is 17.6 Å². The average Bonchev–Trinajstić information content (AvgIpc) is 3.40. The van der Waals surface area contributed by atoms with Gasteiger partial charge >= 0.3 is 0 Å². The van der Waals surface area contributed by atoms with Crippen LogP contribution in [0.3, 0.4) is 0 Å². The number of furan rings is 1. The van der Waals surface area contributed by atoms with Crippen LogP contribution in [0.25, 0.3) is 11.3 Å². The van der Waals surface area contributed by atoms with E-state index in [1.165, 1.54) is 0 Å². The fourth-order valence-electron chi connectivity index (χ4n) is 3.92. The van der Waals surface area contributed by atoms with Crippen molar-refractivity contribution in [1.82, 2.24) is 20.2 Å². The molecule has 0 bridgehead atoms. The van der Waals surface area contributed by atoms with Gasteiger partial charge in [0.25, 0.3) is 0 Å². The molecule has 32 heavy (non-hydrogen) atoms. The van der Waals surface area contributed by atoms with E-state index in [0.717, 1.165) is 22.6 Å². The van der Waals surface area contributed by atoms with Crippen LogP contribution in [0.15, 0.2) is 83.7 Å². The molecular weight excluding hydrogens is 463 g/mol. The Kier molecular flexibility index (Phi) is 5.83. The lowest BCUT2D eigenvalue weighted by Gasteiger charge is -2.26. The van der Waals surface area contributed by atoms with E-state index in [1.807, 2.05) is 54.7 Å². The number of hydrogen-bond donors (Lipinski definition) is 1. The third-order valence-electron chi connectivity index (χ3n) is 5.39. The Bertz CT molecular complexity index is 1250. The zero-order chi connectivity index (χ0) is 22.1. The van der Waals surface area contributed by atoms with Crippen LogP contribution in [0.4, 0.5) is 0 Å². The molecule has 8 heteroatoms. The van der Waals surface area contributed by atoms with E-state index in [0.29, 0.717) is 27.5 Å². The van der Waals surface area contributed by atoms with E-state index >= 15 is 0 Å². The first-order chi connectivity index (χ1) is 15.6. The van der Waals surface area contributed by atoms with E-state index in [9.17, 15) is 0 Å². The van der Waals surface area contributed by atoms with Crippen LogP contribution in [0.1, 0.15) is 29.1 Å². The minimum atomic E-state index is -0.197. The normalized spacial score (nSPS) is 18.1. The zero-order valence-electron chi connectivity index (χ0n) is 16.8. The fourth-order valence-corrected chi connectivity index (χ4v) is 4.73. The molecule has 1 aromatic carbocycles. The van der Waals surface area contributed by atoms with E-state index in [2.05, 4.69) is 20.2 Å². The van der Waals surface area contributed by atoms with E-state index in [1.54, 1.807) is 24.5 Å². The summed E-state index contributed by atoms with van der Waals surface area (Å²) in [5.74, 6) is 1.43. The molecule has 5 nitrogen and oxygen atoms in total. The molecule has 2 atom stereocenters. The predicted octanol–water partition coefficient (Wildman–Crippen LogP) is 6.22. The third-order valence-corrected chi connectivity index (χ3v) is 6.29. The summed E-state index contributed by atoms with van der Waals surface area (Å²) in [5.41, 5.74) is 2.72. The minimum Gasteiger partial charge on any atom is -0.459 e. The molecule has 0 amide bonds. The van der Waals surface area contributed by atoms with Gasteiger partial charge in [0.2, 0.25) is 0 Å². The van der Waals surface area contributed by atoms with Crippen LogP contribution in [0.2, 0.25) is 10.0 Å². The van der Waals surface area contributed by atoms with Crippen molar-refractivity contribution < 1.29 is 4.42 Å². The summed E-state index contributed by atoms with van der Waals surface area (Å²) < 4.78 is 6.33. The highest BCUT2D eigenvalue weighted by atomic mass is 35.5. The van der Waals surface area contributed by atoms with Gasteiger partial charge in [-0.25, -0.2) is 0 Å². The standard InChI is InChI=1S/C24H18Cl2N4OS/c25-16-6-7-17(18(26)12-16)20-8-9-21(31-20)23-22(19-5-1-2-11-28-19)29-24(32)30(23)14-15-4-3-10-27-13-15/h1-13,22-23H,14H2,(H,29,32)/t22-,23-/m1/s1. The molecule has 0 radical (unpaired) electrons. The number of rotatable bonds is 5. The summed E-state index contributed by atoms with van der Waals surface area (Å²) in [6.07, 6.45) is 5.38. The lowest BCUT2D eigenvalue weighted by molar-refractivity contribution is 0.269. The van der Waals surface area contributed by atoms with Crippen LogP contribution in [-0.2, 0) is 6.54 Å². The Labute approximate surface area is 201 Å². The topological polar surface area (TPSA) is 54.2 Å². The van der Waals surface area contributed by atoms with Gasteiger partial charge in [-0.1, -0.05) is 35.3 Å². The molecule has 0 unspecified atom stereocenters. The molecule has 5 rings (SSSR count). The van der Waals surface area contributed by atoms with Gasteiger partial charge in [-0.2, -0.15) is 0 Å². The summed E-state index contributed by atoms with van der Waals surface area (Å²) in [7, 11) is 0. The van der Waals surface area contributed by atoms with Crippen molar-refractivity contribution in [2.45, 2.75) is 18.6 Å². The van der Waals surface area contributed by atoms with Crippen molar-refractivity contribution in [3.8, 4) is 11.3 Å². The van der Waals surface area contributed by atoms with Gasteiger partial charge < -0.3 is 14.6 Å². The highest BCUT2D eigenvalue weighted by Gasteiger charge is 2.41. The summed E-state index contributed by atoms with van der Waals surface area (Å²) >= 11 is 18.2. The van der Waals surface area contributed by atoms with Gasteiger partial charge in [-0.3, -0.25) is 9.97 Å². The van der Waals surface area contributed by atoms with Crippen molar-refractivity contribution in [2.75, 3.05) is 0 Å². The highest BCUT2D eigenvalue weighted by Crippen LogP contribution is 2.42. The molecule has 1 aliphatic heterocycles. The summed E-state index contributed by atoms with van der Waals surface area (Å²) in [5, 5.41) is 5.18. The molecule has 3 aromatic heterocycles. The first-order valence-corrected chi connectivity index (χ1v) is 11.2. The maximum Gasteiger partial charge on any atom is 0.170 e. The second kappa shape index (κ2) is 8.90. The fraction of sp³-hybridized carbons (Fsp3) is 0.125. The molecule has 1 fully saturated rings. The Hall–Kier alpha value is -2.93. The maximum absolute atomic E-state index is 6.41. The van der Waals surface area contributed by atoms with Crippen LogP contribution >= 0.6 is 35.4 Å². The van der Waals surface area contributed by atoms with Gasteiger partial charge in [-0.15, -0.1) is 0 Å². The molecule has 1 aliphatic rings. The molecule has 4 heterocycles. The monoisotopic (exact) mass is 480 g/mol. The molecule has 1 saturated heterocycles. The average molecular weight is 481 g/mol. The van der Waals surface area contributed by atoms with Gasteiger partial charge in [0.05, 0.1) is 16.8 Å². The molecule has 1 N–H and O–H groups in total. The SMILES string of the molecule is S=C1N[C@H](c2ccccn2)[C@@H](c2ccc(-c3ccc(Cl)cc3Cl)o2)N1Cc1cccnc1. The maximum atomic E-state index is 6.41. The molecule has 0 spiro atoms. The number of aromatic nitrogens is 2. The van der Waals surface area contributed by atoms with Crippen LogP contribution in [0.5, 0.6) is 0 Å². The zero-order valence-corrected chi connectivity index (χ0v) is 19.1. The van der Waals surface area contributed by atoms with E-state index in [4.69, 9.17) is 39.8 Å². The predicted molar refractivity (Wildman–Crippen MR) is 129 cm³/mol. The summed E-state index contributed by atoms with van der Waals surface area (Å²) in [6.45, 7) is 0.589. The number of nitrogens with one attached hydrogen (secondary N) is 1. The van der Waals surface area contributed by atoms with Crippen molar-refractivity contribution >= 4 is 40.5 Å².